The Morgan fingerprint density at radius 1 is 0.938 bits per heavy atom. The van der Waals surface area contributed by atoms with Gasteiger partial charge in [-0.15, -0.1) is 0 Å². The first kappa shape index (κ1) is 12.2. The monoisotopic (exact) mass is 219 g/mol. The van der Waals surface area contributed by atoms with Crippen molar-refractivity contribution in [3.05, 3.63) is 18.1 Å². The molecule has 2 aliphatic carbocycles. The minimum Gasteiger partial charge on any atom is -0.0914 e. The van der Waals surface area contributed by atoms with E-state index < -0.39 is 0 Å². The average molecular weight is 219 g/mol. The number of rotatable bonds is 2. The van der Waals surface area contributed by atoms with Gasteiger partial charge in [-0.3, -0.25) is 0 Å². The molecule has 0 nitrogen and oxygen atoms in total. The molecule has 0 N–H and O–H groups in total. The quantitative estimate of drug-likeness (QED) is 0.563. The topological polar surface area (TPSA) is 0 Å². The van der Waals surface area contributed by atoms with E-state index in [9.17, 15) is 0 Å². The van der Waals surface area contributed by atoms with Crippen LogP contribution in [0.3, 0.4) is 0 Å². The summed E-state index contributed by atoms with van der Waals surface area (Å²) in [5.41, 5.74) is 0. The highest BCUT2D eigenvalue weighted by Crippen LogP contribution is 2.42. The maximum absolute atomic E-state index is 2.42. The Morgan fingerprint density at radius 3 is 2.12 bits per heavy atom. The van der Waals surface area contributed by atoms with E-state index in [-0.39, 0.29) is 0 Å². The van der Waals surface area contributed by atoms with E-state index in [4.69, 9.17) is 0 Å². The van der Waals surface area contributed by atoms with Crippen LogP contribution in [0.5, 0.6) is 0 Å². The number of allylic oxidation sites excluding steroid dienone is 2. The van der Waals surface area contributed by atoms with E-state index in [2.05, 4.69) is 26.0 Å². The smallest absolute Gasteiger partial charge is 0.0210 e. The van der Waals surface area contributed by atoms with Crippen LogP contribution in [-0.2, 0) is 0 Å². The van der Waals surface area contributed by atoms with Gasteiger partial charge >= 0.3 is 0 Å². The van der Waals surface area contributed by atoms with E-state index in [0.717, 1.165) is 17.8 Å². The molecule has 91 valence electrons. The molecule has 0 heteroatoms. The fourth-order valence-electron chi connectivity index (χ4n) is 3.55. The molecule has 2 aliphatic rings. The van der Waals surface area contributed by atoms with Gasteiger partial charge in [0, 0.05) is 0 Å². The van der Waals surface area contributed by atoms with Crippen LogP contribution in [-0.4, -0.2) is 0 Å². The lowest BCUT2D eigenvalue weighted by molar-refractivity contribution is 0.263. The Hall–Kier alpha value is -0.260. The third-order valence-electron chi connectivity index (χ3n) is 4.73. The summed E-state index contributed by atoms with van der Waals surface area (Å²) in [6.45, 7) is 4.57. The van der Waals surface area contributed by atoms with Crippen molar-refractivity contribution >= 4 is 0 Å². The number of hydrogen-bond donors (Lipinski definition) is 0. The number of hydrogen-bond acceptors (Lipinski definition) is 0. The molecule has 16 heavy (non-hydrogen) atoms. The largest absolute Gasteiger partial charge is 0.0914 e. The van der Waals surface area contributed by atoms with Gasteiger partial charge in [0.25, 0.3) is 0 Å². The van der Waals surface area contributed by atoms with Gasteiger partial charge in [0.05, 0.1) is 0 Å². The van der Waals surface area contributed by atoms with Crippen LogP contribution in [0.25, 0.3) is 0 Å². The summed E-state index contributed by atoms with van der Waals surface area (Å²) in [7, 11) is 0. The van der Waals surface area contributed by atoms with E-state index in [0.29, 0.717) is 0 Å². The van der Waals surface area contributed by atoms with Crippen molar-refractivity contribution in [2.45, 2.75) is 65.2 Å². The normalized spacial score (nSPS) is 34.6. The predicted octanol–water partition coefficient (Wildman–Crippen LogP) is 5.15. The van der Waals surface area contributed by atoms with Crippen LogP contribution in [0.15, 0.2) is 12.2 Å². The van der Waals surface area contributed by atoms with Crippen molar-refractivity contribution in [1.82, 2.24) is 0 Å². The highest BCUT2D eigenvalue weighted by atomic mass is 14.3. The maximum atomic E-state index is 2.42. The Bertz CT molecular complexity index is 212. The van der Waals surface area contributed by atoms with Gasteiger partial charge in [0.2, 0.25) is 0 Å². The summed E-state index contributed by atoms with van der Waals surface area (Å²) >= 11 is 0. The fraction of sp³-hybridized carbons (Fsp3) is 0.812. The van der Waals surface area contributed by atoms with Crippen molar-refractivity contribution < 1.29 is 0 Å². The lowest BCUT2D eigenvalue weighted by Crippen LogP contribution is -2.23. The third-order valence-corrected chi connectivity index (χ3v) is 4.73. The average Bonchev–Trinajstić information content (AvgIpc) is 2.32. The van der Waals surface area contributed by atoms with Crippen LogP contribution in [0, 0.1) is 23.7 Å². The Labute approximate surface area is 102 Å². The Kier molecular flexibility index (Phi) is 4.49. The molecule has 0 aromatic rings. The Morgan fingerprint density at radius 2 is 1.56 bits per heavy atom. The molecule has 0 unspecified atom stereocenters. The third kappa shape index (κ3) is 3.12. The summed E-state index contributed by atoms with van der Waals surface area (Å²) in [5, 5.41) is 0. The molecular formula is C16H27. The Balaban J connectivity index is 1.76. The molecule has 1 radical (unpaired) electrons. The van der Waals surface area contributed by atoms with Crippen molar-refractivity contribution in [2.24, 2.45) is 17.8 Å². The highest BCUT2D eigenvalue weighted by Gasteiger charge is 2.29. The van der Waals surface area contributed by atoms with Gasteiger partial charge in [-0.25, -0.2) is 0 Å². The first-order valence-corrected chi connectivity index (χ1v) is 7.27. The van der Waals surface area contributed by atoms with Gasteiger partial charge in [-0.2, -0.15) is 0 Å². The van der Waals surface area contributed by atoms with E-state index in [1.54, 1.807) is 0 Å². The van der Waals surface area contributed by atoms with Crippen molar-refractivity contribution in [1.29, 1.82) is 0 Å². The van der Waals surface area contributed by atoms with Crippen molar-refractivity contribution in [3.63, 3.8) is 0 Å². The molecule has 0 heterocycles. The van der Waals surface area contributed by atoms with Crippen LogP contribution in [0.4, 0.5) is 0 Å². The van der Waals surface area contributed by atoms with Crippen LogP contribution in [0.2, 0.25) is 0 Å². The van der Waals surface area contributed by atoms with Gasteiger partial charge in [0.15, 0.2) is 0 Å². The van der Waals surface area contributed by atoms with Crippen LogP contribution >= 0.6 is 0 Å². The first-order chi connectivity index (χ1) is 7.79. The summed E-state index contributed by atoms with van der Waals surface area (Å²) in [4.78, 5) is 0. The second kappa shape index (κ2) is 5.89. The maximum Gasteiger partial charge on any atom is -0.0210 e. The van der Waals surface area contributed by atoms with Gasteiger partial charge in [0.1, 0.15) is 0 Å². The predicted molar refractivity (Wildman–Crippen MR) is 71.1 cm³/mol. The highest BCUT2D eigenvalue weighted by molar-refractivity contribution is 5.04. The zero-order valence-electron chi connectivity index (χ0n) is 11.0. The van der Waals surface area contributed by atoms with Gasteiger partial charge < -0.3 is 0 Å². The molecule has 0 atom stereocenters. The zero-order valence-corrected chi connectivity index (χ0v) is 11.0. The second-order valence-corrected chi connectivity index (χ2v) is 5.98. The van der Waals surface area contributed by atoms with Crippen molar-refractivity contribution in [3.8, 4) is 0 Å². The van der Waals surface area contributed by atoms with Crippen LogP contribution < -0.4 is 0 Å². The van der Waals surface area contributed by atoms with E-state index >= 15 is 0 Å². The molecule has 0 aliphatic heterocycles. The molecule has 0 amide bonds. The molecule has 2 fully saturated rings. The zero-order chi connectivity index (χ0) is 11.4. The van der Waals surface area contributed by atoms with E-state index in [1.807, 2.05) is 5.92 Å². The summed E-state index contributed by atoms with van der Waals surface area (Å²) < 4.78 is 0. The van der Waals surface area contributed by atoms with E-state index in [1.165, 1.54) is 51.4 Å². The molecular weight excluding hydrogens is 192 g/mol. The van der Waals surface area contributed by atoms with Crippen molar-refractivity contribution in [2.75, 3.05) is 0 Å². The second-order valence-electron chi connectivity index (χ2n) is 5.98. The molecule has 2 rings (SSSR count). The fourth-order valence-corrected chi connectivity index (χ4v) is 3.55. The lowest BCUT2D eigenvalue weighted by Gasteiger charge is -2.36. The summed E-state index contributed by atoms with van der Waals surface area (Å²) in [5.74, 6) is 4.81. The molecule has 0 bridgehead atoms. The molecule has 0 aromatic heterocycles. The molecule has 2 saturated carbocycles. The molecule has 0 spiro atoms. The lowest BCUT2D eigenvalue weighted by atomic mass is 9.69. The van der Waals surface area contributed by atoms with Crippen LogP contribution in [0.1, 0.15) is 65.2 Å². The SMILES string of the molecule is C/C=C/C1CC[C](C2CCC(C)CC2)CC1. The minimum absolute atomic E-state index is 0.885. The standard InChI is InChI=1S/C16H27/c1-3-4-14-7-11-16(12-8-14)15-9-5-13(2)6-10-15/h3-4,13-15H,5-12H2,1-2H3/b4-3+. The van der Waals surface area contributed by atoms with Gasteiger partial charge in [-0.05, 0) is 69.1 Å². The van der Waals surface area contributed by atoms with Gasteiger partial charge in [-0.1, -0.05) is 31.9 Å². The minimum atomic E-state index is 0.885. The summed E-state index contributed by atoms with van der Waals surface area (Å²) in [6.07, 6.45) is 16.3. The molecule has 0 saturated heterocycles. The first-order valence-electron chi connectivity index (χ1n) is 7.27. The summed E-state index contributed by atoms with van der Waals surface area (Å²) in [6, 6.07) is 0. The molecule has 0 aromatic carbocycles.